The van der Waals surface area contributed by atoms with Gasteiger partial charge in [0.25, 0.3) is 0 Å². The lowest BCUT2D eigenvalue weighted by Gasteiger charge is -2.05. The molecule has 0 fully saturated rings. The van der Waals surface area contributed by atoms with Crippen molar-refractivity contribution < 1.29 is 5.11 Å². The lowest BCUT2D eigenvalue weighted by atomic mass is 9.99. The van der Waals surface area contributed by atoms with Gasteiger partial charge in [-0.15, -0.1) is 0 Å². The van der Waals surface area contributed by atoms with Crippen LogP contribution in [0.25, 0.3) is 10.9 Å². The Labute approximate surface area is 96.3 Å². The van der Waals surface area contributed by atoms with E-state index in [-0.39, 0.29) is 6.61 Å². The second-order valence-electron chi connectivity index (χ2n) is 4.66. The topological polar surface area (TPSA) is 36.0 Å². The Kier molecular flexibility index (Phi) is 3.01. The molecule has 2 heteroatoms. The predicted octanol–water partition coefficient (Wildman–Crippen LogP) is 3.13. The lowest BCUT2D eigenvalue weighted by Crippen LogP contribution is -1.92. The van der Waals surface area contributed by atoms with E-state index in [4.69, 9.17) is 5.11 Å². The summed E-state index contributed by atoms with van der Waals surface area (Å²) in [6.07, 6.45) is 0.730. The van der Waals surface area contributed by atoms with Crippen LogP contribution in [0.3, 0.4) is 0 Å². The van der Waals surface area contributed by atoms with E-state index in [0.29, 0.717) is 5.92 Å². The molecule has 0 aliphatic carbocycles. The fraction of sp³-hybridized carbons (Fsp3) is 0.429. The summed E-state index contributed by atoms with van der Waals surface area (Å²) in [5.41, 5.74) is 4.95. The number of aromatic amines is 1. The van der Waals surface area contributed by atoms with Crippen molar-refractivity contribution in [1.29, 1.82) is 0 Å². The Morgan fingerprint density at radius 1 is 1.31 bits per heavy atom. The van der Waals surface area contributed by atoms with Gasteiger partial charge in [-0.1, -0.05) is 19.9 Å². The van der Waals surface area contributed by atoms with Crippen LogP contribution >= 0.6 is 0 Å². The number of H-pyrrole nitrogens is 1. The minimum absolute atomic E-state index is 0.208. The molecule has 0 spiro atoms. The number of hydrogen-bond acceptors (Lipinski definition) is 1. The molecule has 86 valence electrons. The summed E-state index contributed by atoms with van der Waals surface area (Å²) in [5.74, 6) is 0.543. The summed E-state index contributed by atoms with van der Waals surface area (Å²) >= 11 is 0. The molecule has 0 aliphatic rings. The summed E-state index contributed by atoms with van der Waals surface area (Å²) in [7, 11) is 0. The van der Waals surface area contributed by atoms with Gasteiger partial charge >= 0.3 is 0 Å². The van der Waals surface area contributed by atoms with E-state index >= 15 is 0 Å². The molecule has 2 N–H and O–H groups in total. The first-order valence-electron chi connectivity index (χ1n) is 5.85. The summed E-state index contributed by atoms with van der Waals surface area (Å²) < 4.78 is 0. The summed E-state index contributed by atoms with van der Waals surface area (Å²) in [4.78, 5) is 3.37. The van der Waals surface area contributed by atoms with Gasteiger partial charge in [0.1, 0.15) is 0 Å². The van der Waals surface area contributed by atoms with Gasteiger partial charge in [0.05, 0.1) is 0 Å². The van der Waals surface area contributed by atoms with E-state index < -0.39 is 0 Å². The van der Waals surface area contributed by atoms with Gasteiger partial charge in [-0.05, 0) is 42.5 Å². The van der Waals surface area contributed by atoms with Gasteiger partial charge < -0.3 is 10.1 Å². The Morgan fingerprint density at radius 2 is 2.06 bits per heavy atom. The van der Waals surface area contributed by atoms with Gasteiger partial charge in [-0.2, -0.15) is 0 Å². The van der Waals surface area contributed by atoms with Gasteiger partial charge in [0, 0.05) is 23.2 Å². The third kappa shape index (κ3) is 1.85. The maximum atomic E-state index is 9.09. The molecule has 1 aromatic carbocycles. The smallest absolute Gasteiger partial charge is 0.0472 e. The van der Waals surface area contributed by atoms with Crippen molar-refractivity contribution in [3.63, 3.8) is 0 Å². The first-order chi connectivity index (χ1) is 7.63. The molecule has 0 bridgehead atoms. The van der Waals surface area contributed by atoms with Crippen LogP contribution in [0.15, 0.2) is 18.2 Å². The fourth-order valence-corrected chi connectivity index (χ4v) is 2.19. The molecule has 0 saturated heterocycles. The van der Waals surface area contributed by atoms with E-state index in [1.165, 1.54) is 27.7 Å². The van der Waals surface area contributed by atoms with Crippen molar-refractivity contribution in [2.75, 3.05) is 6.61 Å². The van der Waals surface area contributed by atoms with Crippen molar-refractivity contribution in [2.24, 2.45) is 0 Å². The SMILES string of the molecule is Cc1[nH]c2ccc(C(C)C)cc2c1CCO. The van der Waals surface area contributed by atoms with Crippen LogP contribution in [-0.4, -0.2) is 16.7 Å². The largest absolute Gasteiger partial charge is 0.396 e. The molecular weight excluding hydrogens is 198 g/mol. The second kappa shape index (κ2) is 4.30. The highest BCUT2D eigenvalue weighted by atomic mass is 16.2. The average molecular weight is 217 g/mol. The third-order valence-electron chi connectivity index (χ3n) is 3.17. The minimum atomic E-state index is 0.208. The molecule has 1 heterocycles. The average Bonchev–Trinajstić information content (AvgIpc) is 2.55. The van der Waals surface area contributed by atoms with Crippen LogP contribution in [0, 0.1) is 6.92 Å². The molecule has 2 aromatic rings. The predicted molar refractivity (Wildman–Crippen MR) is 67.9 cm³/mol. The normalized spacial score (nSPS) is 11.6. The molecule has 0 unspecified atom stereocenters. The maximum Gasteiger partial charge on any atom is 0.0472 e. The highest BCUT2D eigenvalue weighted by molar-refractivity contribution is 5.85. The number of nitrogens with one attached hydrogen (secondary N) is 1. The lowest BCUT2D eigenvalue weighted by molar-refractivity contribution is 0.300. The molecular formula is C14H19NO. The van der Waals surface area contributed by atoms with E-state index in [0.717, 1.165) is 6.42 Å². The number of aromatic nitrogens is 1. The van der Waals surface area contributed by atoms with E-state index in [1.54, 1.807) is 0 Å². The number of aryl methyl sites for hydroxylation is 1. The fourth-order valence-electron chi connectivity index (χ4n) is 2.19. The third-order valence-corrected chi connectivity index (χ3v) is 3.17. The number of aliphatic hydroxyl groups excluding tert-OH is 1. The first kappa shape index (κ1) is 11.2. The number of aliphatic hydroxyl groups is 1. The molecule has 0 saturated carbocycles. The number of hydrogen-bond donors (Lipinski definition) is 2. The Balaban J connectivity index is 2.60. The zero-order valence-corrected chi connectivity index (χ0v) is 10.2. The van der Waals surface area contributed by atoms with Crippen molar-refractivity contribution >= 4 is 10.9 Å². The molecule has 0 radical (unpaired) electrons. The number of rotatable bonds is 3. The van der Waals surface area contributed by atoms with Crippen molar-refractivity contribution in [3.8, 4) is 0 Å². The molecule has 1 aromatic heterocycles. The Hall–Kier alpha value is -1.28. The highest BCUT2D eigenvalue weighted by Gasteiger charge is 2.09. The molecule has 16 heavy (non-hydrogen) atoms. The van der Waals surface area contributed by atoms with Crippen LogP contribution in [0.2, 0.25) is 0 Å². The van der Waals surface area contributed by atoms with Gasteiger partial charge in [0.2, 0.25) is 0 Å². The number of benzene rings is 1. The quantitative estimate of drug-likeness (QED) is 0.814. The van der Waals surface area contributed by atoms with Crippen molar-refractivity contribution in [3.05, 3.63) is 35.0 Å². The minimum Gasteiger partial charge on any atom is -0.396 e. The number of fused-ring (bicyclic) bond motifs is 1. The van der Waals surface area contributed by atoms with Crippen molar-refractivity contribution in [1.82, 2.24) is 4.98 Å². The molecule has 2 nitrogen and oxygen atoms in total. The van der Waals surface area contributed by atoms with E-state index in [9.17, 15) is 0 Å². The zero-order valence-electron chi connectivity index (χ0n) is 10.2. The zero-order chi connectivity index (χ0) is 11.7. The summed E-state index contributed by atoms with van der Waals surface area (Å²) in [5, 5.41) is 10.3. The highest BCUT2D eigenvalue weighted by Crippen LogP contribution is 2.26. The standard InChI is InChI=1S/C14H19NO/c1-9(2)11-4-5-14-13(8-11)12(6-7-16)10(3)15-14/h4-5,8-9,15-16H,6-7H2,1-3H3. The van der Waals surface area contributed by atoms with Gasteiger partial charge in [0.15, 0.2) is 0 Å². The Bertz CT molecular complexity index is 497. The van der Waals surface area contributed by atoms with Crippen LogP contribution in [0.1, 0.15) is 36.6 Å². The van der Waals surface area contributed by atoms with Crippen molar-refractivity contribution in [2.45, 2.75) is 33.1 Å². The monoisotopic (exact) mass is 217 g/mol. The second-order valence-corrected chi connectivity index (χ2v) is 4.66. The maximum absolute atomic E-state index is 9.09. The van der Waals surface area contributed by atoms with Crippen LogP contribution < -0.4 is 0 Å². The molecule has 0 atom stereocenters. The van der Waals surface area contributed by atoms with E-state index in [2.05, 4.69) is 44.0 Å². The first-order valence-corrected chi connectivity index (χ1v) is 5.85. The van der Waals surface area contributed by atoms with Gasteiger partial charge in [-0.25, -0.2) is 0 Å². The van der Waals surface area contributed by atoms with Crippen LogP contribution in [-0.2, 0) is 6.42 Å². The molecule has 2 rings (SSSR count). The molecule has 0 aliphatic heterocycles. The van der Waals surface area contributed by atoms with Gasteiger partial charge in [-0.3, -0.25) is 0 Å². The van der Waals surface area contributed by atoms with E-state index in [1.807, 2.05) is 0 Å². The molecule has 0 amide bonds. The van der Waals surface area contributed by atoms with Crippen LogP contribution in [0.5, 0.6) is 0 Å². The summed E-state index contributed by atoms with van der Waals surface area (Å²) in [6, 6.07) is 6.55. The van der Waals surface area contributed by atoms with Crippen LogP contribution in [0.4, 0.5) is 0 Å². The summed E-state index contributed by atoms with van der Waals surface area (Å²) in [6.45, 7) is 6.68. The Morgan fingerprint density at radius 3 is 2.69 bits per heavy atom.